The summed E-state index contributed by atoms with van der Waals surface area (Å²) in [6.07, 6.45) is -4.58. The third kappa shape index (κ3) is 6.63. The van der Waals surface area contributed by atoms with Gasteiger partial charge in [-0.1, -0.05) is 53.2 Å². The van der Waals surface area contributed by atoms with Gasteiger partial charge in [-0.15, -0.1) is 11.3 Å². The van der Waals surface area contributed by atoms with E-state index in [0.717, 1.165) is 45.7 Å². The van der Waals surface area contributed by atoms with Gasteiger partial charge in [0, 0.05) is 5.69 Å². The van der Waals surface area contributed by atoms with Crippen molar-refractivity contribution < 1.29 is 18.0 Å². The molecule has 0 spiro atoms. The topological polar surface area (TPSA) is 77.8 Å². The number of anilines is 2. The zero-order valence-electron chi connectivity index (χ0n) is 19.2. The number of fused-ring (bicyclic) bond motifs is 1. The Labute approximate surface area is 224 Å². The molecule has 0 aliphatic carbocycles. The smallest absolute Gasteiger partial charge is 0.349 e. The van der Waals surface area contributed by atoms with Gasteiger partial charge in [-0.25, -0.2) is 4.98 Å². The van der Waals surface area contributed by atoms with Gasteiger partial charge in [-0.05, 0) is 49.4 Å². The SMILES string of the molecule is Cc1ccc(N/C(SCC(=O)Nc2cc(C(F)(F)F)ccc2Cl)=C(/C#N)c2nc3ccccc3s2)cc1. The van der Waals surface area contributed by atoms with E-state index in [-0.39, 0.29) is 22.0 Å². The van der Waals surface area contributed by atoms with Crippen LogP contribution >= 0.6 is 34.7 Å². The average Bonchev–Trinajstić information content (AvgIpc) is 3.28. The van der Waals surface area contributed by atoms with E-state index in [1.807, 2.05) is 55.5 Å². The van der Waals surface area contributed by atoms with E-state index in [0.29, 0.717) is 15.7 Å². The minimum absolute atomic E-state index is 0.0212. The van der Waals surface area contributed by atoms with Crippen LogP contribution in [0.2, 0.25) is 5.02 Å². The third-order valence-electron chi connectivity index (χ3n) is 5.07. The van der Waals surface area contributed by atoms with E-state index in [1.54, 1.807) is 0 Å². The number of nitrogens with zero attached hydrogens (tertiary/aromatic N) is 2. The van der Waals surface area contributed by atoms with E-state index < -0.39 is 17.6 Å². The average molecular weight is 559 g/mol. The molecule has 0 aliphatic heterocycles. The number of para-hydroxylation sites is 1. The summed E-state index contributed by atoms with van der Waals surface area (Å²) >= 11 is 8.39. The second-order valence-corrected chi connectivity index (χ2v) is 10.2. The van der Waals surface area contributed by atoms with Crippen molar-refractivity contribution in [2.75, 3.05) is 16.4 Å². The molecule has 1 amide bonds. The van der Waals surface area contributed by atoms with E-state index in [4.69, 9.17) is 11.6 Å². The van der Waals surface area contributed by atoms with Crippen molar-refractivity contribution in [1.29, 1.82) is 5.26 Å². The summed E-state index contributed by atoms with van der Waals surface area (Å²) in [5, 5.41) is 16.5. The Kier molecular flexibility index (Phi) is 8.07. The highest BCUT2D eigenvalue weighted by molar-refractivity contribution is 8.04. The predicted molar refractivity (Wildman–Crippen MR) is 144 cm³/mol. The molecule has 37 heavy (non-hydrogen) atoms. The fraction of sp³-hybridized carbons (Fsp3) is 0.115. The number of aryl methyl sites for hydroxylation is 1. The van der Waals surface area contributed by atoms with Crippen LogP contribution in [-0.2, 0) is 11.0 Å². The van der Waals surface area contributed by atoms with Crippen LogP contribution in [-0.4, -0.2) is 16.6 Å². The molecule has 5 nitrogen and oxygen atoms in total. The molecule has 4 aromatic rings. The Hall–Kier alpha value is -3.52. The summed E-state index contributed by atoms with van der Waals surface area (Å²) in [5.41, 5.74) is 1.66. The highest BCUT2D eigenvalue weighted by atomic mass is 35.5. The minimum Gasteiger partial charge on any atom is -0.349 e. The highest BCUT2D eigenvalue weighted by Gasteiger charge is 2.31. The van der Waals surface area contributed by atoms with E-state index in [2.05, 4.69) is 21.7 Å². The Balaban J connectivity index is 1.61. The second kappa shape index (κ2) is 11.3. The number of carbonyl (C=O) groups is 1. The van der Waals surface area contributed by atoms with Crippen molar-refractivity contribution in [3.8, 4) is 6.07 Å². The van der Waals surface area contributed by atoms with Crippen LogP contribution < -0.4 is 10.6 Å². The number of allylic oxidation sites excluding steroid dienone is 1. The van der Waals surface area contributed by atoms with Gasteiger partial charge in [0.2, 0.25) is 5.91 Å². The molecular formula is C26H18ClF3N4OS2. The van der Waals surface area contributed by atoms with Crippen LogP contribution in [0.3, 0.4) is 0 Å². The molecule has 0 aliphatic rings. The molecule has 11 heteroatoms. The number of rotatable bonds is 7. The van der Waals surface area contributed by atoms with Crippen molar-refractivity contribution >= 4 is 67.8 Å². The van der Waals surface area contributed by atoms with Gasteiger partial charge in [-0.3, -0.25) is 4.79 Å². The highest BCUT2D eigenvalue weighted by Crippen LogP contribution is 2.35. The molecular weight excluding hydrogens is 541 g/mol. The van der Waals surface area contributed by atoms with Gasteiger partial charge in [0.25, 0.3) is 0 Å². The number of nitrogens with one attached hydrogen (secondary N) is 2. The molecule has 0 saturated carbocycles. The van der Waals surface area contributed by atoms with Crippen LogP contribution in [0.5, 0.6) is 0 Å². The number of nitriles is 1. The number of amides is 1. The summed E-state index contributed by atoms with van der Waals surface area (Å²) in [6, 6.07) is 19.8. The molecule has 3 aromatic carbocycles. The zero-order chi connectivity index (χ0) is 26.6. The van der Waals surface area contributed by atoms with Crippen molar-refractivity contribution in [2.45, 2.75) is 13.1 Å². The first-order valence-electron chi connectivity index (χ1n) is 10.8. The van der Waals surface area contributed by atoms with Crippen molar-refractivity contribution in [3.05, 3.63) is 92.9 Å². The Morgan fingerprint density at radius 2 is 1.84 bits per heavy atom. The van der Waals surface area contributed by atoms with E-state index in [1.165, 1.54) is 11.3 Å². The van der Waals surface area contributed by atoms with Gasteiger partial charge in [-0.2, -0.15) is 18.4 Å². The molecule has 2 N–H and O–H groups in total. The van der Waals surface area contributed by atoms with Crippen LogP contribution in [0.4, 0.5) is 24.5 Å². The number of carbonyl (C=O) groups excluding carboxylic acids is 1. The summed E-state index contributed by atoms with van der Waals surface area (Å²) in [5.74, 6) is -0.785. The monoisotopic (exact) mass is 558 g/mol. The molecule has 0 radical (unpaired) electrons. The molecule has 1 heterocycles. The Morgan fingerprint density at radius 3 is 2.51 bits per heavy atom. The number of alkyl halides is 3. The number of thioether (sulfide) groups is 1. The van der Waals surface area contributed by atoms with Crippen LogP contribution in [0, 0.1) is 18.3 Å². The maximum absolute atomic E-state index is 13.1. The number of thiazole rings is 1. The van der Waals surface area contributed by atoms with Gasteiger partial charge >= 0.3 is 6.18 Å². The minimum atomic E-state index is -4.58. The molecule has 0 fully saturated rings. The summed E-state index contributed by atoms with van der Waals surface area (Å²) < 4.78 is 40.1. The maximum Gasteiger partial charge on any atom is 0.416 e. The van der Waals surface area contributed by atoms with Gasteiger partial charge in [0.1, 0.15) is 16.6 Å². The summed E-state index contributed by atoms with van der Waals surface area (Å²) in [7, 11) is 0. The predicted octanol–water partition coefficient (Wildman–Crippen LogP) is 7.95. The largest absolute Gasteiger partial charge is 0.416 e. The lowest BCUT2D eigenvalue weighted by atomic mass is 10.2. The lowest BCUT2D eigenvalue weighted by molar-refractivity contribution is -0.137. The standard InChI is InChI=1S/C26H18ClF3N4OS2/c1-15-6-9-17(10-7-15)32-24(18(13-31)25-34-20-4-2-3-5-22(20)37-25)36-14-23(35)33-21-12-16(26(28,29)30)8-11-19(21)27/h2-12,32H,14H2,1H3,(H,33,35)/b24-18+. The van der Waals surface area contributed by atoms with Crippen molar-refractivity contribution in [2.24, 2.45) is 0 Å². The van der Waals surface area contributed by atoms with Crippen LogP contribution in [0.1, 0.15) is 16.1 Å². The summed E-state index contributed by atoms with van der Waals surface area (Å²) in [6.45, 7) is 1.94. The number of hydrogen-bond acceptors (Lipinski definition) is 6. The van der Waals surface area contributed by atoms with Crippen LogP contribution in [0.25, 0.3) is 15.8 Å². The first-order chi connectivity index (χ1) is 17.6. The number of aromatic nitrogens is 1. The first kappa shape index (κ1) is 26.5. The van der Waals surface area contributed by atoms with E-state index in [9.17, 15) is 23.2 Å². The van der Waals surface area contributed by atoms with Gasteiger partial charge in [0.15, 0.2) is 0 Å². The quantitative estimate of drug-likeness (QED) is 0.225. The van der Waals surface area contributed by atoms with Crippen LogP contribution in [0.15, 0.2) is 71.8 Å². The fourth-order valence-electron chi connectivity index (χ4n) is 3.23. The molecule has 0 atom stereocenters. The van der Waals surface area contributed by atoms with Crippen molar-refractivity contribution in [3.63, 3.8) is 0 Å². The number of hydrogen-bond donors (Lipinski definition) is 2. The maximum atomic E-state index is 13.1. The second-order valence-electron chi connectivity index (χ2n) is 7.82. The Bertz CT molecular complexity index is 1490. The fourth-order valence-corrected chi connectivity index (χ4v) is 5.26. The van der Waals surface area contributed by atoms with Gasteiger partial charge < -0.3 is 10.6 Å². The van der Waals surface area contributed by atoms with E-state index >= 15 is 0 Å². The Morgan fingerprint density at radius 1 is 1.11 bits per heavy atom. The van der Waals surface area contributed by atoms with Gasteiger partial charge in [0.05, 0.1) is 37.3 Å². The number of halogens is 4. The lowest BCUT2D eigenvalue weighted by Gasteiger charge is -2.14. The normalized spacial score (nSPS) is 12.1. The molecule has 4 rings (SSSR count). The number of benzene rings is 3. The third-order valence-corrected chi connectivity index (χ3v) is 7.46. The molecule has 0 saturated heterocycles. The molecule has 0 bridgehead atoms. The summed E-state index contributed by atoms with van der Waals surface area (Å²) in [4.78, 5) is 17.3. The molecule has 188 valence electrons. The van der Waals surface area contributed by atoms with Crippen molar-refractivity contribution in [1.82, 2.24) is 4.98 Å². The molecule has 1 aromatic heterocycles. The molecule has 0 unspecified atom stereocenters. The lowest BCUT2D eigenvalue weighted by Crippen LogP contribution is -2.16. The first-order valence-corrected chi connectivity index (χ1v) is 13.0. The zero-order valence-corrected chi connectivity index (χ0v) is 21.6.